The number of hydrogen-bond acceptors (Lipinski definition) is 2. The molecule has 2 rings (SSSR count). The molecule has 1 aliphatic heterocycles. The average molecular weight is 240 g/mol. The molecular formula is C12H14F2N2O. The van der Waals surface area contributed by atoms with Crippen LogP contribution in [0.25, 0.3) is 0 Å². The first-order chi connectivity index (χ1) is 7.95. The van der Waals surface area contributed by atoms with Crippen molar-refractivity contribution < 1.29 is 13.6 Å². The maximum absolute atomic E-state index is 13.2. The number of hydrogen-bond donors (Lipinski definition) is 2. The minimum absolute atomic E-state index is 0.410. The van der Waals surface area contributed by atoms with Gasteiger partial charge in [0.05, 0.1) is 5.92 Å². The smallest absolute Gasteiger partial charge is 0.222 e. The number of rotatable bonds is 2. The summed E-state index contributed by atoms with van der Waals surface area (Å²) in [6, 6.07) is 3.71. The summed E-state index contributed by atoms with van der Waals surface area (Å²) in [6.07, 6.45) is 0. The molecule has 1 fully saturated rings. The second-order valence-electron chi connectivity index (χ2n) is 4.63. The van der Waals surface area contributed by atoms with Crippen molar-refractivity contribution in [3.8, 4) is 0 Å². The Morgan fingerprint density at radius 2 is 2.18 bits per heavy atom. The average Bonchev–Trinajstić information content (AvgIpc) is 2.65. The monoisotopic (exact) mass is 240 g/mol. The van der Waals surface area contributed by atoms with Crippen LogP contribution in [0.2, 0.25) is 0 Å². The number of nitrogens with two attached hydrogens (primary N) is 1. The van der Waals surface area contributed by atoms with Gasteiger partial charge in [0, 0.05) is 18.5 Å². The lowest BCUT2D eigenvalue weighted by molar-refractivity contribution is -0.122. The molecule has 0 saturated carbocycles. The van der Waals surface area contributed by atoms with Crippen molar-refractivity contribution in [2.24, 2.45) is 11.7 Å². The Bertz CT molecular complexity index is 464. The summed E-state index contributed by atoms with van der Waals surface area (Å²) in [4.78, 5) is 11.4. The standard InChI is InChI=1S/C12H14F2N2O/c1-12(6-16-5-8(12)11(15)17)7-2-3-9(13)10(14)4-7/h2-4,8,16H,5-6H2,1H3,(H2,15,17). The number of amides is 1. The summed E-state index contributed by atoms with van der Waals surface area (Å²) < 4.78 is 26.1. The first-order valence-corrected chi connectivity index (χ1v) is 5.41. The van der Waals surface area contributed by atoms with Crippen LogP contribution < -0.4 is 11.1 Å². The van der Waals surface area contributed by atoms with Gasteiger partial charge in [0.2, 0.25) is 5.91 Å². The molecule has 1 aromatic rings. The normalized spacial score (nSPS) is 28.3. The van der Waals surface area contributed by atoms with Gasteiger partial charge in [0.15, 0.2) is 11.6 Å². The van der Waals surface area contributed by atoms with Crippen molar-refractivity contribution in [3.05, 3.63) is 35.4 Å². The molecule has 1 heterocycles. The van der Waals surface area contributed by atoms with Crippen molar-refractivity contribution in [1.29, 1.82) is 0 Å². The molecule has 3 N–H and O–H groups in total. The SMILES string of the molecule is CC1(c2ccc(F)c(F)c2)CNCC1C(N)=O. The molecule has 0 bridgehead atoms. The predicted molar refractivity (Wildman–Crippen MR) is 59.3 cm³/mol. The lowest BCUT2D eigenvalue weighted by Crippen LogP contribution is -2.39. The second-order valence-corrected chi connectivity index (χ2v) is 4.63. The van der Waals surface area contributed by atoms with E-state index in [1.807, 2.05) is 6.92 Å². The summed E-state index contributed by atoms with van der Waals surface area (Å²) in [6.45, 7) is 2.81. The lowest BCUT2D eigenvalue weighted by atomic mass is 9.74. The van der Waals surface area contributed by atoms with Gasteiger partial charge in [-0.25, -0.2) is 8.78 Å². The first-order valence-electron chi connectivity index (χ1n) is 5.41. The third-order valence-corrected chi connectivity index (χ3v) is 3.53. The van der Waals surface area contributed by atoms with E-state index in [-0.39, 0.29) is 0 Å². The van der Waals surface area contributed by atoms with Gasteiger partial charge >= 0.3 is 0 Å². The van der Waals surface area contributed by atoms with Crippen molar-refractivity contribution in [1.82, 2.24) is 5.32 Å². The Balaban J connectivity index is 2.43. The molecule has 17 heavy (non-hydrogen) atoms. The van der Waals surface area contributed by atoms with Gasteiger partial charge in [-0.2, -0.15) is 0 Å². The zero-order chi connectivity index (χ0) is 12.6. The lowest BCUT2D eigenvalue weighted by Gasteiger charge is -2.29. The molecular weight excluding hydrogens is 226 g/mol. The molecule has 0 aliphatic carbocycles. The fourth-order valence-electron chi connectivity index (χ4n) is 2.39. The fourth-order valence-corrected chi connectivity index (χ4v) is 2.39. The molecule has 0 radical (unpaired) electrons. The number of nitrogens with one attached hydrogen (secondary N) is 1. The molecule has 1 aliphatic rings. The summed E-state index contributed by atoms with van der Waals surface area (Å²) >= 11 is 0. The molecule has 1 aromatic carbocycles. The maximum atomic E-state index is 13.2. The van der Waals surface area contributed by atoms with Gasteiger partial charge < -0.3 is 11.1 Å². The minimum atomic E-state index is -0.904. The predicted octanol–water partition coefficient (Wildman–Crippen LogP) is 0.927. The van der Waals surface area contributed by atoms with Crippen LogP contribution in [0.4, 0.5) is 8.78 Å². The number of primary amides is 1. The van der Waals surface area contributed by atoms with Gasteiger partial charge in [0.25, 0.3) is 0 Å². The Morgan fingerprint density at radius 1 is 1.47 bits per heavy atom. The highest BCUT2D eigenvalue weighted by Gasteiger charge is 2.43. The van der Waals surface area contributed by atoms with Gasteiger partial charge in [-0.3, -0.25) is 4.79 Å². The van der Waals surface area contributed by atoms with Crippen molar-refractivity contribution >= 4 is 5.91 Å². The van der Waals surface area contributed by atoms with Crippen LogP contribution in [0.1, 0.15) is 12.5 Å². The van der Waals surface area contributed by atoms with Crippen molar-refractivity contribution in [2.75, 3.05) is 13.1 Å². The minimum Gasteiger partial charge on any atom is -0.369 e. The van der Waals surface area contributed by atoms with E-state index in [2.05, 4.69) is 5.32 Å². The maximum Gasteiger partial charge on any atom is 0.222 e. The zero-order valence-electron chi connectivity index (χ0n) is 9.47. The van der Waals surface area contributed by atoms with Crippen LogP contribution in [0.15, 0.2) is 18.2 Å². The molecule has 2 atom stereocenters. The van der Waals surface area contributed by atoms with E-state index in [1.54, 1.807) is 0 Å². The summed E-state index contributed by atoms with van der Waals surface area (Å²) in [5.41, 5.74) is 5.34. The van der Waals surface area contributed by atoms with Crippen LogP contribution in [0.3, 0.4) is 0 Å². The number of benzene rings is 1. The molecule has 92 valence electrons. The summed E-state index contributed by atoms with van der Waals surface area (Å²) in [7, 11) is 0. The van der Waals surface area contributed by atoms with Crippen LogP contribution in [0.5, 0.6) is 0 Å². The third kappa shape index (κ3) is 1.91. The molecule has 1 amide bonds. The highest BCUT2D eigenvalue weighted by Crippen LogP contribution is 2.35. The zero-order valence-corrected chi connectivity index (χ0v) is 9.47. The van der Waals surface area contributed by atoms with Gasteiger partial charge in [0.1, 0.15) is 0 Å². The first kappa shape index (κ1) is 12.0. The van der Waals surface area contributed by atoms with Crippen LogP contribution >= 0.6 is 0 Å². The summed E-state index contributed by atoms with van der Waals surface area (Å²) in [5, 5.41) is 3.06. The fraction of sp³-hybridized carbons (Fsp3) is 0.417. The molecule has 0 spiro atoms. The van der Waals surface area contributed by atoms with E-state index in [0.29, 0.717) is 18.7 Å². The molecule has 3 nitrogen and oxygen atoms in total. The molecule has 0 aromatic heterocycles. The van der Waals surface area contributed by atoms with E-state index in [4.69, 9.17) is 5.73 Å². The Kier molecular flexibility index (Phi) is 2.87. The quantitative estimate of drug-likeness (QED) is 0.808. The van der Waals surface area contributed by atoms with Crippen LogP contribution in [0, 0.1) is 17.6 Å². The van der Waals surface area contributed by atoms with E-state index in [9.17, 15) is 13.6 Å². The van der Waals surface area contributed by atoms with Gasteiger partial charge in [-0.1, -0.05) is 13.0 Å². The third-order valence-electron chi connectivity index (χ3n) is 3.53. The summed E-state index contributed by atoms with van der Waals surface area (Å²) in [5.74, 6) is -2.63. The molecule has 5 heteroatoms. The topological polar surface area (TPSA) is 55.1 Å². The van der Waals surface area contributed by atoms with E-state index >= 15 is 0 Å². The van der Waals surface area contributed by atoms with Crippen LogP contribution in [-0.4, -0.2) is 19.0 Å². The van der Waals surface area contributed by atoms with Gasteiger partial charge in [-0.05, 0) is 17.7 Å². The largest absolute Gasteiger partial charge is 0.369 e. The van der Waals surface area contributed by atoms with Gasteiger partial charge in [-0.15, -0.1) is 0 Å². The Hall–Kier alpha value is -1.49. The van der Waals surface area contributed by atoms with Crippen LogP contribution in [-0.2, 0) is 10.2 Å². The Morgan fingerprint density at radius 3 is 2.76 bits per heavy atom. The highest BCUT2D eigenvalue weighted by molar-refractivity contribution is 5.79. The van der Waals surface area contributed by atoms with E-state index in [0.717, 1.165) is 12.1 Å². The second kappa shape index (κ2) is 4.07. The highest BCUT2D eigenvalue weighted by atomic mass is 19.2. The molecule has 1 saturated heterocycles. The van der Waals surface area contributed by atoms with Crippen molar-refractivity contribution in [3.63, 3.8) is 0 Å². The molecule has 2 unspecified atom stereocenters. The Labute approximate surface area is 98.0 Å². The number of carbonyl (C=O) groups is 1. The van der Waals surface area contributed by atoms with Crippen molar-refractivity contribution in [2.45, 2.75) is 12.3 Å². The van der Waals surface area contributed by atoms with E-state index in [1.165, 1.54) is 6.07 Å². The number of halogens is 2. The number of carbonyl (C=O) groups excluding carboxylic acids is 1. The van der Waals surface area contributed by atoms with E-state index < -0.39 is 28.9 Å².